The Hall–Kier alpha value is 0.0400. The van der Waals surface area contributed by atoms with Crippen molar-refractivity contribution in [2.24, 2.45) is 4.99 Å². The van der Waals surface area contributed by atoms with Crippen LogP contribution in [-0.4, -0.2) is 39.9 Å². The van der Waals surface area contributed by atoms with Crippen LogP contribution in [0.3, 0.4) is 0 Å². The summed E-state index contributed by atoms with van der Waals surface area (Å²) in [5, 5.41) is 1.33. The molecule has 1 aliphatic rings. The fourth-order valence-corrected chi connectivity index (χ4v) is 3.04. The highest BCUT2D eigenvalue weighted by Gasteiger charge is 2.38. The molecular weight excluding hydrogens is 188 g/mol. The van der Waals surface area contributed by atoms with Crippen LogP contribution in [0.4, 0.5) is 0 Å². The fraction of sp³-hybridized carbons (Fsp3) is 0.750. The third-order valence-corrected chi connectivity index (χ3v) is 4.17. The van der Waals surface area contributed by atoms with Gasteiger partial charge in [0.05, 0.1) is 0 Å². The summed E-state index contributed by atoms with van der Waals surface area (Å²) in [5.74, 6) is 0. The Bertz CT molecular complexity index is 250. The van der Waals surface area contributed by atoms with E-state index in [2.05, 4.69) is 43.8 Å². The molecule has 0 amide bonds. The Morgan fingerprint density at radius 2 is 2.00 bits per heavy atom. The van der Waals surface area contributed by atoms with Crippen LogP contribution in [0.1, 0.15) is 13.8 Å². The van der Waals surface area contributed by atoms with Gasteiger partial charge in [-0.2, -0.15) is 0 Å². The van der Waals surface area contributed by atoms with Crippen molar-refractivity contribution in [3.63, 3.8) is 0 Å². The smallest absolute Gasteiger partial charge is 0.244 e. The summed E-state index contributed by atoms with van der Waals surface area (Å²) in [7, 11) is 4.14. The van der Waals surface area contributed by atoms with Crippen molar-refractivity contribution >= 4 is 32.9 Å². The van der Waals surface area contributed by atoms with Crippen molar-refractivity contribution < 1.29 is 4.58 Å². The van der Waals surface area contributed by atoms with E-state index in [0.717, 1.165) is 0 Å². The Labute approximate surface area is 82.5 Å². The number of hydrogen-bond acceptors (Lipinski definition) is 3. The summed E-state index contributed by atoms with van der Waals surface area (Å²) in [6.45, 7) is 4.30. The monoisotopic (exact) mass is 203 g/mol. The normalized spacial score (nSPS) is 21.1. The van der Waals surface area contributed by atoms with Gasteiger partial charge in [0.25, 0.3) is 0 Å². The average Bonchev–Trinajstić information content (AvgIpc) is 2.25. The molecule has 1 aliphatic heterocycles. The summed E-state index contributed by atoms with van der Waals surface area (Å²) in [6.07, 6.45) is 2.07. The van der Waals surface area contributed by atoms with Crippen LogP contribution >= 0.6 is 23.5 Å². The molecule has 0 aliphatic carbocycles. The maximum Gasteiger partial charge on any atom is 0.244 e. The lowest BCUT2D eigenvalue weighted by atomic mass is 10.1. The largest absolute Gasteiger partial charge is 0.253 e. The molecule has 1 heterocycles. The van der Waals surface area contributed by atoms with Gasteiger partial charge < -0.3 is 0 Å². The molecule has 0 aromatic carbocycles. The number of hydrogen-bond donors (Lipinski definition) is 0. The minimum Gasteiger partial charge on any atom is -0.253 e. The second-order valence-corrected chi connectivity index (χ2v) is 5.47. The molecule has 4 heteroatoms. The zero-order chi connectivity index (χ0) is 9.35. The molecule has 0 spiro atoms. The van der Waals surface area contributed by atoms with E-state index in [1.54, 1.807) is 23.5 Å². The van der Waals surface area contributed by atoms with E-state index in [1.807, 2.05) is 0 Å². The number of rotatable bonds is 0. The molecule has 0 aromatic rings. The SMILES string of the molecule is CSC1=NC(C)(C)C(=[N+](C)C)S1. The Kier molecular flexibility index (Phi) is 2.88. The minimum atomic E-state index is -0.0213. The van der Waals surface area contributed by atoms with Crippen LogP contribution in [0.25, 0.3) is 0 Å². The summed E-state index contributed by atoms with van der Waals surface area (Å²) in [6, 6.07) is 0. The Morgan fingerprint density at radius 1 is 1.42 bits per heavy atom. The first-order valence-corrected chi connectivity index (χ1v) is 5.88. The van der Waals surface area contributed by atoms with Gasteiger partial charge in [-0.25, -0.2) is 4.58 Å². The summed E-state index contributed by atoms with van der Waals surface area (Å²) < 4.78 is 3.32. The van der Waals surface area contributed by atoms with Crippen LogP contribution in [-0.2, 0) is 0 Å². The van der Waals surface area contributed by atoms with Crippen LogP contribution in [0.5, 0.6) is 0 Å². The van der Waals surface area contributed by atoms with Gasteiger partial charge in [-0.05, 0) is 20.1 Å². The van der Waals surface area contributed by atoms with Crippen LogP contribution < -0.4 is 0 Å². The zero-order valence-corrected chi connectivity index (χ0v) is 9.84. The first kappa shape index (κ1) is 10.1. The van der Waals surface area contributed by atoms with Crippen LogP contribution in [0.15, 0.2) is 4.99 Å². The highest BCUT2D eigenvalue weighted by molar-refractivity contribution is 8.45. The van der Waals surface area contributed by atoms with Gasteiger partial charge >= 0.3 is 0 Å². The molecule has 0 atom stereocenters. The highest BCUT2D eigenvalue weighted by atomic mass is 32.2. The van der Waals surface area contributed by atoms with E-state index in [-0.39, 0.29) is 5.54 Å². The molecule has 2 nitrogen and oxygen atoms in total. The van der Waals surface area contributed by atoms with Gasteiger partial charge in [-0.15, -0.1) is 11.8 Å². The molecule has 0 saturated carbocycles. The van der Waals surface area contributed by atoms with Crippen molar-refractivity contribution in [2.45, 2.75) is 19.4 Å². The molecule has 12 heavy (non-hydrogen) atoms. The molecule has 0 unspecified atom stereocenters. The zero-order valence-electron chi connectivity index (χ0n) is 8.21. The first-order valence-electron chi connectivity index (χ1n) is 3.84. The minimum absolute atomic E-state index is 0.0213. The first-order chi connectivity index (χ1) is 5.47. The van der Waals surface area contributed by atoms with Gasteiger partial charge in [0, 0.05) is 11.8 Å². The van der Waals surface area contributed by atoms with Gasteiger partial charge in [0.1, 0.15) is 24.0 Å². The number of aliphatic imine (C=N–C) groups is 1. The van der Waals surface area contributed by atoms with Crippen LogP contribution in [0.2, 0.25) is 0 Å². The van der Waals surface area contributed by atoms with Crippen molar-refractivity contribution in [3.05, 3.63) is 0 Å². The lowest BCUT2D eigenvalue weighted by Crippen LogP contribution is -2.29. The Balaban J connectivity index is 2.98. The highest BCUT2D eigenvalue weighted by Crippen LogP contribution is 2.33. The lowest BCUT2D eigenvalue weighted by molar-refractivity contribution is -0.463. The van der Waals surface area contributed by atoms with E-state index in [4.69, 9.17) is 0 Å². The lowest BCUT2D eigenvalue weighted by Gasteiger charge is -2.10. The van der Waals surface area contributed by atoms with Crippen molar-refractivity contribution in [1.29, 1.82) is 0 Å². The van der Waals surface area contributed by atoms with Gasteiger partial charge in [0.15, 0.2) is 0 Å². The maximum atomic E-state index is 4.61. The van der Waals surface area contributed by atoms with E-state index >= 15 is 0 Å². The van der Waals surface area contributed by atoms with E-state index in [0.29, 0.717) is 0 Å². The molecule has 0 saturated heterocycles. The second-order valence-electron chi connectivity index (χ2n) is 3.44. The quantitative estimate of drug-likeness (QED) is 0.559. The molecule has 0 fully saturated rings. The van der Waals surface area contributed by atoms with E-state index in [1.165, 1.54) is 9.42 Å². The predicted molar refractivity (Wildman–Crippen MR) is 59.7 cm³/mol. The van der Waals surface area contributed by atoms with E-state index in [9.17, 15) is 0 Å². The number of nitrogens with zero attached hydrogens (tertiary/aromatic N) is 2. The molecule has 0 aromatic heterocycles. The standard InChI is InChI=1S/C8H15N2S2/c1-8(2)6(10(3)4)12-7(9-8)11-5/h1-5H3/q+1. The number of thioether (sulfide) groups is 2. The van der Waals surface area contributed by atoms with Gasteiger partial charge in [-0.1, -0.05) is 0 Å². The molecular formula is C8H15N2S2+. The van der Waals surface area contributed by atoms with Crippen molar-refractivity contribution in [2.75, 3.05) is 20.4 Å². The summed E-state index contributed by atoms with van der Waals surface area (Å²) in [5.41, 5.74) is -0.0213. The molecule has 0 radical (unpaired) electrons. The van der Waals surface area contributed by atoms with Gasteiger partial charge in [-0.3, -0.25) is 4.99 Å². The fourth-order valence-electron chi connectivity index (χ4n) is 1.23. The van der Waals surface area contributed by atoms with Crippen molar-refractivity contribution in [3.8, 4) is 0 Å². The predicted octanol–water partition coefficient (Wildman–Crippen LogP) is 1.90. The molecule has 0 N–H and O–H groups in total. The maximum absolute atomic E-state index is 4.61. The van der Waals surface area contributed by atoms with E-state index < -0.39 is 0 Å². The Morgan fingerprint density at radius 3 is 2.25 bits per heavy atom. The third-order valence-electron chi connectivity index (χ3n) is 1.66. The molecule has 68 valence electrons. The third kappa shape index (κ3) is 1.85. The van der Waals surface area contributed by atoms with Gasteiger partial charge in [0.2, 0.25) is 5.04 Å². The van der Waals surface area contributed by atoms with Crippen molar-refractivity contribution in [1.82, 2.24) is 0 Å². The second kappa shape index (κ2) is 3.42. The molecule has 1 rings (SSSR count). The summed E-state index contributed by atoms with van der Waals surface area (Å²) >= 11 is 3.50. The summed E-state index contributed by atoms with van der Waals surface area (Å²) in [4.78, 5) is 4.61. The molecule has 0 bridgehead atoms. The van der Waals surface area contributed by atoms with Crippen LogP contribution in [0, 0.1) is 0 Å². The topological polar surface area (TPSA) is 15.4 Å². The average molecular weight is 203 g/mol.